The number of nitrogens with zero attached hydrogens (tertiary/aromatic N) is 4. The molecule has 0 radical (unpaired) electrons. The van der Waals surface area contributed by atoms with Crippen molar-refractivity contribution in [1.29, 1.82) is 0 Å². The lowest BCUT2D eigenvalue weighted by molar-refractivity contribution is -0.0901. The zero-order valence-electron chi connectivity index (χ0n) is 15.2. The largest absolute Gasteiger partial charge is 0.368 e. The fourth-order valence-electron chi connectivity index (χ4n) is 3.71. The summed E-state index contributed by atoms with van der Waals surface area (Å²) in [5.41, 5.74) is 9.16. The van der Waals surface area contributed by atoms with Crippen molar-refractivity contribution in [3.8, 4) is 0 Å². The molecule has 29 heavy (non-hydrogen) atoms. The maximum absolute atomic E-state index is 13.0. The molecule has 148 valence electrons. The summed E-state index contributed by atoms with van der Waals surface area (Å²) in [6, 6.07) is 3.21. The third-order valence-electron chi connectivity index (χ3n) is 5.18. The molecule has 10 heteroatoms. The van der Waals surface area contributed by atoms with E-state index in [1.165, 1.54) is 6.20 Å². The van der Waals surface area contributed by atoms with Crippen LogP contribution in [0, 0.1) is 0 Å². The second-order valence-electron chi connectivity index (χ2n) is 7.23. The number of rotatable bonds is 3. The standard InChI is InChI=1S/C19H17F2N7O/c20-19(21)6-11(7-19)26-17(29)14-9-25-28-4-2-10(5-15(14)28)12-1-3-23-16-13(12)8-24-18(22)27-16/h1-2,4-5,8-9,11H,3,6-7H2,(H,26,29)(H3,22,23,24,27). The van der Waals surface area contributed by atoms with E-state index in [2.05, 4.69) is 25.7 Å². The van der Waals surface area contributed by atoms with E-state index >= 15 is 0 Å². The highest BCUT2D eigenvalue weighted by atomic mass is 19.3. The smallest absolute Gasteiger partial charge is 0.255 e. The van der Waals surface area contributed by atoms with E-state index in [1.54, 1.807) is 16.9 Å². The highest BCUT2D eigenvalue weighted by Crippen LogP contribution is 2.37. The van der Waals surface area contributed by atoms with E-state index < -0.39 is 17.9 Å². The lowest BCUT2D eigenvalue weighted by atomic mass is 9.88. The molecule has 0 aromatic carbocycles. The molecule has 0 bridgehead atoms. The van der Waals surface area contributed by atoms with Crippen LogP contribution in [0.3, 0.4) is 0 Å². The highest BCUT2D eigenvalue weighted by molar-refractivity contribution is 6.01. The van der Waals surface area contributed by atoms with Crippen LogP contribution in [-0.2, 0) is 0 Å². The van der Waals surface area contributed by atoms with Crippen molar-refractivity contribution in [2.75, 3.05) is 17.6 Å². The van der Waals surface area contributed by atoms with E-state index in [9.17, 15) is 13.6 Å². The molecule has 2 aliphatic rings. The zero-order valence-corrected chi connectivity index (χ0v) is 15.2. The summed E-state index contributed by atoms with van der Waals surface area (Å²) >= 11 is 0. The molecule has 1 fully saturated rings. The second-order valence-corrected chi connectivity index (χ2v) is 7.23. The molecule has 1 saturated carbocycles. The molecule has 0 unspecified atom stereocenters. The first-order valence-corrected chi connectivity index (χ1v) is 9.13. The van der Waals surface area contributed by atoms with Crippen LogP contribution in [-0.4, -0.2) is 44.0 Å². The predicted octanol–water partition coefficient (Wildman–Crippen LogP) is 2.09. The monoisotopic (exact) mass is 397 g/mol. The number of carbonyl (C=O) groups excluding carboxylic acids is 1. The molecule has 0 saturated heterocycles. The summed E-state index contributed by atoms with van der Waals surface area (Å²) in [5.74, 6) is -2.27. The number of aromatic nitrogens is 4. The summed E-state index contributed by atoms with van der Waals surface area (Å²) in [6.07, 6.45) is 6.19. The minimum Gasteiger partial charge on any atom is -0.368 e. The summed E-state index contributed by atoms with van der Waals surface area (Å²) in [4.78, 5) is 20.9. The number of amides is 1. The van der Waals surface area contributed by atoms with Crippen molar-refractivity contribution >= 4 is 28.8 Å². The quantitative estimate of drug-likeness (QED) is 0.624. The summed E-state index contributed by atoms with van der Waals surface area (Å²) < 4.78 is 27.7. The topological polar surface area (TPSA) is 110 Å². The van der Waals surface area contributed by atoms with Crippen LogP contribution in [0.5, 0.6) is 0 Å². The molecule has 3 aromatic heterocycles. The van der Waals surface area contributed by atoms with Gasteiger partial charge in [-0.3, -0.25) is 4.79 Å². The van der Waals surface area contributed by atoms with Gasteiger partial charge in [0.25, 0.3) is 11.8 Å². The Morgan fingerprint density at radius 3 is 2.97 bits per heavy atom. The zero-order chi connectivity index (χ0) is 20.2. The predicted molar refractivity (Wildman–Crippen MR) is 103 cm³/mol. The Kier molecular flexibility index (Phi) is 3.76. The fraction of sp³-hybridized carbons (Fsp3) is 0.263. The molecule has 8 nitrogen and oxygen atoms in total. The number of pyridine rings is 1. The number of alkyl halides is 2. The van der Waals surface area contributed by atoms with Crippen molar-refractivity contribution in [3.05, 3.63) is 53.5 Å². The van der Waals surface area contributed by atoms with Crippen LogP contribution in [0.25, 0.3) is 11.1 Å². The van der Waals surface area contributed by atoms with Gasteiger partial charge < -0.3 is 16.4 Å². The SMILES string of the molecule is Nc1ncc2c(n1)NCC=C2c1ccn2ncc(C(=O)NC3CC(F)(F)C3)c2c1. The van der Waals surface area contributed by atoms with Crippen LogP contribution < -0.4 is 16.4 Å². The number of nitrogens with two attached hydrogens (primary N) is 1. The first-order valence-electron chi connectivity index (χ1n) is 9.13. The van der Waals surface area contributed by atoms with Crippen LogP contribution in [0.15, 0.2) is 36.8 Å². The minimum atomic E-state index is -2.69. The number of hydrogen-bond acceptors (Lipinski definition) is 6. The van der Waals surface area contributed by atoms with E-state index in [1.807, 2.05) is 18.2 Å². The minimum absolute atomic E-state index is 0.185. The second kappa shape index (κ2) is 6.23. The van der Waals surface area contributed by atoms with Crippen molar-refractivity contribution < 1.29 is 13.6 Å². The summed E-state index contributed by atoms with van der Waals surface area (Å²) in [7, 11) is 0. The Labute approximate surface area is 163 Å². The lowest BCUT2D eigenvalue weighted by Crippen LogP contribution is -2.50. The normalized spacial score (nSPS) is 17.8. The Balaban J connectivity index is 1.48. The molecule has 4 N–H and O–H groups in total. The Hall–Kier alpha value is -3.56. The van der Waals surface area contributed by atoms with Gasteiger partial charge in [-0.2, -0.15) is 10.1 Å². The molecular formula is C19H17F2N7O. The number of nitrogens with one attached hydrogen (secondary N) is 2. The van der Waals surface area contributed by atoms with Crippen LogP contribution in [0.2, 0.25) is 0 Å². The highest BCUT2D eigenvalue weighted by Gasteiger charge is 2.46. The molecule has 0 spiro atoms. The van der Waals surface area contributed by atoms with Crippen molar-refractivity contribution in [2.24, 2.45) is 0 Å². The Morgan fingerprint density at radius 1 is 1.34 bits per heavy atom. The average Bonchev–Trinajstić information content (AvgIpc) is 3.09. The third-order valence-corrected chi connectivity index (χ3v) is 5.18. The maximum atomic E-state index is 13.0. The summed E-state index contributed by atoms with van der Waals surface area (Å²) in [6.45, 7) is 0.576. The first kappa shape index (κ1) is 17.5. The number of anilines is 2. The van der Waals surface area contributed by atoms with Crippen molar-refractivity contribution in [1.82, 2.24) is 24.9 Å². The van der Waals surface area contributed by atoms with Crippen molar-refractivity contribution in [3.63, 3.8) is 0 Å². The molecule has 1 amide bonds. The summed E-state index contributed by atoms with van der Waals surface area (Å²) in [5, 5.41) is 10.0. The van der Waals surface area contributed by atoms with Gasteiger partial charge >= 0.3 is 0 Å². The van der Waals surface area contributed by atoms with Gasteiger partial charge in [0.05, 0.1) is 17.3 Å². The van der Waals surface area contributed by atoms with Gasteiger partial charge in [-0.05, 0) is 23.3 Å². The fourth-order valence-corrected chi connectivity index (χ4v) is 3.71. The molecule has 1 aliphatic carbocycles. The van der Waals surface area contributed by atoms with Crippen LogP contribution in [0.4, 0.5) is 20.5 Å². The van der Waals surface area contributed by atoms with Gasteiger partial charge in [0.2, 0.25) is 5.95 Å². The van der Waals surface area contributed by atoms with E-state index in [0.717, 1.165) is 16.7 Å². The molecule has 3 aromatic rings. The van der Waals surface area contributed by atoms with E-state index in [-0.39, 0.29) is 18.8 Å². The van der Waals surface area contributed by atoms with Gasteiger partial charge in [-0.15, -0.1) is 0 Å². The van der Waals surface area contributed by atoms with Gasteiger partial charge in [0.1, 0.15) is 5.82 Å². The van der Waals surface area contributed by atoms with Gasteiger partial charge in [0.15, 0.2) is 0 Å². The van der Waals surface area contributed by atoms with E-state index in [0.29, 0.717) is 23.4 Å². The third kappa shape index (κ3) is 3.06. The number of nitrogen functional groups attached to an aromatic ring is 1. The average molecular weight is 397 g/mol. The number of fused-ring (bicyclic) bond motifs is 2. The molecule has 5 rings (SSSR count). The number of halogens is 2. The molecule has 4 heterocycles. The van der Waals surface area contributed by atoms with Gasteiger partial charge in [0, 0.05) is 43.4 Å². The maximum Gasteiger partial charge on any atom is 0.255 e. The molecule has 0 atom stereocenters. The molecular weight excluding hydrogens is 380 g/mol. The van der Waals surface area contributed by atoms with Crippen LogP contribution >= 0.6 is 0 Å². The van der Waals surface area contributed by atoms with Crippen LogP contribution in [0.1, 0.15) is 34.3 Å². The first-order chi connectivity index (χ1) is 13.9. The van der Waals surface area contributed by atoms with Gasteiger partial charge in [-0.1, -0.05) is 6.08 Å². The van der Waals surface area contributed by atoms with Crippen molar-refractivity contribution in [2.45, 2.75) is 24.8 Å². The Bertz CT molecular complexity index is 1160. The number of carbonyl (C=O) groups is 1. The number of hydrogen-bond donors (Lipinski definition) is 3. The van der Waals surface area contributed by atoms with E-state index in [4.69, 9.17) is 5.73 Å². The molecule has 1 aliphatic heterocycles. The van der Waals surface area contributed by atoms with Gasteiger partial charge in [-0.25, -0.2) is 18.3 Å². The Morgan fingerprint density at radius 2 is 2.17 bits per heavy atom. The lowest BCUT2D eigenvalue weighted by Gasteiger charge is -2.35.